The van der Waals surface area contributed by atoms with Gasteiger partial charge in [-0.15, -0.1) is 0 Å². The van der Waals surface area contributed by atoms with Crippen molar-refractivity contribution in [3.8, 4) is 17.0 Å². The molecule has 0 unspecified atom stereocenters. The summed E-state index contributed by atoms with van der Waals surface area (Å²) >= 11 is 0. The summed E-state index contributed by atoms with van der Waals surface area (Å²) in [7, 11) is 1.69. The lowest BCUT2D eigenvalue weighted by atomic mass is 10.1. The van der Waals surface area contributed by atoms with Gasteiger partial charge in [0.2, 0.25) is 5.95 Å². The van der Waals surface area contributed by atoms with Gasteiger partial charge in [-0.3, -0.25) is 0 Å². The van der Waals surface area contributed by atoms with Gasteiger partial charge in [0.25, 0.3) is 0 Å². The Hall–Kier alpha value is -3.38. The third kappa shape index (κ3) is 4.11. The second kappa shape index (κ2) is 8.78. The van der Waals surface area contributed by atoms with Crippen molar-refractivity contribution in [2.75, 3.05) is 38.3 Å². The van der Waals surface area contributed by atoms with Crippen LogP contribution in [0.2, 0.25) is 0 Å². The van der Waals surface area contributed by atoms with Gasteiger partial charge in [0.15, 0.2) is 0 Å². The summed E-state index contributed by atoms with van der Waals surface area (Å²) < 4.78 is 13.1. The van der Waals surface area contributed by atoms with E-state index in [1.807, 2.05) is 24.4 Å². The lowest BCUT2D eigenvalue weighted by Crippen LogP contribution is -2.37. The van der Waals surface area contributed by atoms with Crippen LogP contribution in [-0.4, -0.2) is 47.9 Å². The van der Waals surface area contributed by atoms with Crippen molar-refractivity contribution in [1.82, 2.24) is 14.5 Å². The number of anilines is 1. The molecule has 0 N–H and O–H groups in total. The molecule has 5 rings (SSSR count). The second-order valence-corrected chi connectivity index (χ2v) is 7.69. The van der Waals surface area contributed by atoms with E-state index in [1.165, 1.54) is 16.5 Å². The summed E-state index contributed by atoms with van der Waals surface area (Å²) in [6, 6.07) is 18.8. The normalized spacial score (nSPS) is 14.2. The molecule has 0 amide bonds. The fraction of sp³-hybridized carbons (Fsp3) is 0.280. The Labute approximate surface area is 182 Å². The van der Waals surface area contributed by atoms with E-state index in [0.29, 0.717) is 0 Å². The van der Waals surface area contributed by atoms with Crippen molar-refractivity contribution in [2.24, 2.45) is 0 Å². The van der Waals surface area contributed by atoms with E-state index in [1.54, 1.807) is 7.11 Å². The number of nitrogens with zero attached hydrogens (tertiary/aromatic N) is 4. The lowest BCUT2D eigenvalue weighted by molar-refractivity contribution is 0.122. The van der Waals surface area contributed by atoms with Gasteiger partial charge in [-0.1, -0.05) is 30.3 Å². The predicted molar refractivity (Wildman–Crippen MR) is 123 cm³/mol. The third-order valence-electron chi connectivity index (χ3n) is 5.80. The van der Waals surface area contributed by atoms with Crippen LogP contribution in [0.1, 0.15) is 5.56 Å². The van der Waals surface area contributed by atoms with Gasteiger partial charge < -0.3 is 18.9 Å². The molecule has 31 heavy (non-hydrogen) atoms. The lowest BCUT2D eigenvalue weighted by Gasteiger charge is -2.26. The smallest absolute Gasteiger partial charge is 0.226 e. The zero-order valence-electron chi connectivity index (χ0n) is 17.7. The predicted octanol–water partition coefficient (Wildman–Crippen LogP) is 4.19. The number of hydrogen-bond donors (Lipinski definition) is 0. The van der Waals surface area contributed by atoms with Crippen LogP contribution in [0.3, 0.4) is 0 Å². The Morgan fingerprint density at radius 3 is 2.61 bits per heavy atom. The summed E-state index contributed by atoms with van der Waals surface area (Å²) in [6.07, 6.45) is 5.03. The van der Waals surface area contributed by atoms with Crippen LogP contribution in [0, 0.1) is 0 Å². The molecule has 0 bridgehead atoms. The molecule has 158 valence electrons. The number of fused-ring (bicyclic) bond motifs is 1. The molecular formula is C25H26N4O2. The molecule has 0 saturated carbocycles. The van der Waals surface area contributed by atoms with E-state index in [-0.39, 0.29) is 0 Å². The van der Waals surface area contributed by atoms with Gasteiger partial charge in [0, 0.05) is 48.5 Å². The highest BCUT2D eigenvalue weighted by Gasteiger charge is 2.16. The van der Waals surface area contributed by atoms with Gasteiger partial charge in [0.1, 0.15) is 5.75 Å². The molecule has 1 aliphatic heterocycles. The Morgan fingerprint density at radius 2 is 1.81 bits per heavy atom. The number of hydrogen-bond acceptors (Lipinski definition) is 5. The van der Waals surface area contributed by atoms with Gasteiger partial charge >= 0.3 is 0 Å². The molecular weight excluding hydrogens is 388 g/mol. The average Bonchev–Trinajstić information content (AvgIpc) is 3.22. The minimum Gasteiger partial charge on any atom is -0.497 e. The molecule has 0 atom stereocenters. The molecule has 1 saturated heterocycles. The highest BCUT2D eigenvalue weighted by Crippen LogP contribution is 2.30. The highest BCUT2D eigenvalue weighted by atomic mass is 16.5. The molecule has 1 aliphatic rings. The molecule has 0 radical (unpaired) electrons. The Kier molecular flexibility index (Phi) is 5.54. The van der Waals surface area contributed by atoms with Crippen LogP contribution in [0.5, 0.6) is 5.75 Å². The molecule has 3 heterocycles. The van der Waals surface area contributed by atoms with E-state index < -0.39 is 0 Å². The second-order valence-electron chi connectivity index (χ2n) is 7.69. The summed E-state index contributed by atoms with van der Waals surface area (Å²) in [5, 5.41) is 1.21. The first-order chi connectivity index (χ1) is 15.3. The van der Waals surface area contributed by atoms with Crippen molar-refractivity contribution in [2.45, 2.75) is 13.0 Å². The van der Waals surface area contributed by atoms with E-state index in [9.17, 15) is 0 Å². The molecule has 4 aromatic rings. The maximum absolute atomic E-state index is 5.47. The van der Waals surface area contributed by atoms with E-state index in [0.717, 1.165) is 62.2 Å². The van der Waals surface area contributed by atoms with Crippen LogP contribution in [0.15, 0.2) is 67.0 Å². The van der Waals surface area contributed by atoms with Crippen LogP contribution < -0.4 is 9.64 Å². The molecule has 0 aliphatic carbocycles. The van der Waals surface area contributed by atoms with Crippen LogP contribution >= 0.6 is 0 Å². The maximum Gasteiger partial charge on any atom is 0.226 e. The number of rotatable bonds is 6. The minimum atomic E-state index is 0.720. The quantitative estimate of drug-likeness (QED) is 0.474. The molecule has 6 heteroatoms. The van der Waals surface area contributed by atoms with Gasteiger partial charge in [-0.2, -0.15) is 0 Å². The van der Waals surface area contributed by atoms with E-state index in [4.69, 9.17) is 14.5 Å². The SMILES string of the molecule is COc1ccc(CCn2cc(-c3ccnc(N4CCOCC4)n3)c3ccccc32)cc1. The Balaban J connectivity index is 1.44. The first-order valence-corrected chi connectivity index (χ1v) is 10.7. The number of para-hydroxylation sites is 1. The standard InChI is InChI=1S/C25H26N4O2/c1-30-20-8-6-19(7-9-20)11-13-29-18-22(21-4-2-3-5-24(21)29)23-10-12-26-25(27-23)28-14-16-31-17-15-28/h2-10,12,18H,11,13-17H2,1H3. The van der Waals surface area contributed by atoms with Crippen molar-refractivity contribution < 1.29 is 9.47 Å². The number of morpholine rings is 1. The van der Waals surface area contributed by atoms with Crippen LogP contribution in [0.25, 0.3) is 22.2 Å². The Bertz CT molecular complexity index is 1160. The number of methoxy groups -OCH3 is 1. The Morgan fingerprint density at radius 1 is 1.00 bits per heavy atom. The highest BCUT2D eigenvalue weighted by molar-refractivity contribution is 5.95. The minimum absolute atomic E-state index is 0.720. The molecule has 1 fully saturated rings. The molecule has 2 aromatic carbocycles. The van der Waals surface area contributed by atoms with Crippen molar-refractivity contribution >= 4 is 16.9 Å². The number of aromatic nitrogens is 3. The van der Waals surface area contributed by atoms with E-state index in [2.05, 4.69) is 57.0 Å². The van der Waals surface area contributed by atoms with Crippen molar-refractivity contribution in [1.29, 1.82) is 0 Å². The fourth-order valence-corrected chi connectivity index (χ4v) is 4.09. The fourth-order valence-electron chi connectivity index (χ4n) is 4.09. The van der Waals surface area contributed by atoms with E-state index >= 15 is 0 Å². The first kappa shape index (κ1) is 19.6. The number of benzene rings is 2. The molecule has 6 nitrogen and oxygen atoms in total. The summed E-state index contributed by atoms with van der Waals surface area (Å²) in [4.78, 5) is 11.6. The number of aryl methyl sites for hydroxylation is 2. The van der Waals surface area contributed by atoms with Crippen LogP contribution in [0.4, 0.5) is 5.95 Å². The first-order valence-electron chi connectivity index (χ1n) is 10.7. The summed E-state index contributed by atoms with van der Waals surface area (Å²) in [5.74, 6) is 1.66. The largest absolute Gasteiger partial charge is 0.497 e. The molecule has 2 aromatic heterocycles. The van der Waals surface area contributed by atoms with Gasteiger partial charge in [-0.25, -0.2) is 9.97 Å². The monoisotopic (exact) mass is 414 g/mol. The van der Waals surface area contributed by atoms with Gasteiger partial charge in [0.05, 0.1) is 26.0 Å². The molecule has 0 spiro atoms. The average molecular weight is 415 g/mol. The van der Waals surface area contributed by atoms with Gasteiger partial charge in [-0.05, 0) is 36.2 Å². The third-order valence-corrected chi connectivity index (χ3v) is 5.80. The topological polar surface area (TPSA) is 52.4 Å². The summed E-state index contributed by atoms with van der Waals surface area (Å²) in [6.45, 7) is 3.99. The van der Waals surface area contributed by atoms with Crippen molar-refractivity contribution in [3.05, 3.63) is 72.6 Å². The zero-order chi connectivity index (χ0) is 21.0. The van der Waals surface area contributed by atoms with Crippen molar-refractivity contribution in [3.63, 3.8) is 0 Å². The zero-order valence-corrected chi connectivity index (χ0v) is 17.7. The summed E-state index contributed by atoms with van der Waals surface area (Å²) in [5.41, 5.74) is 4.60. The number of ether oxygens (including phenoxy) is 2. The van der Waals surface area contributed by atoms with Crippen LogP contribution in [-0.2, 0) is 17.7 Å². The maximum atomic E-state index is 5.47.